The van der Waals surface area contributed by atoms with Crippen LogP contribution in [0.15, 0.2) is 0 Å². The topological polar surface area (TPSA) is 29.5 Å². The van der Waals surface area contributed by atoms with E-state index in [-0.39, 0.29) is 0 Å². The van der Waals surface area contributed by atoms with E-state index in [1.54, 1.807) is 0 Å². The molecule has 11 heavy (non-hydrogen) atoms. The summed E-state index contributed by atoms with van der Waals surface area (Å²) >= 11 is 0. The molecule has 0 saturated heterocycles. The van der Waals surface area contributed by atoms with E-state index < -0.39 is 8.18 Å². The van der Waals surface area contributed by atoms with Crippen LogP contribution < -0.4 is 0 Å². The van der Waals surface area contributed by atoms with Crippen LogP contribution in [0.5, 0.6) is 0 Å². The molecule has 0 aromatic carbocycles. The van der Waals surface area contributed by atoms with E-state index in [1.807, 2.05) is 4.67 Å². The Balaban J connectivity index is 3.76. The minimum absolute atomic E-state index is 0.858. The Kier molecular flexibility index (Phi) is 6.73. The zero-order valence-electron chi connectivity index (χ0n) is 7.54. The molecule has 0 rings (SSSR count). The van der Waals surface area contributed by atoms with E-state index in [1.165, 1.54) is 7.11 Å². The molecule has 0 heterocycles. The predicted molar refractivity (Wildman–Crippen MR) is 46.8 cm³/mol. The van der Waals surface area contributed by atoms with E-state index >= 15 is 0 Å². The third kappa shape index (κ3) is 4.46. The van der Waals surface area contributed by atoms with Gasteiger partial charge in [-0.05, 0) is 17.4 Å². The van der Waals surface area contributed by atoms with Crippen molar-refractivity contribution in [1.29, 1.82) is 0 Å². The van der Waals surface area contributed by atoms with E-state index in [0.29, 0.717) is 0 Å². The summed E-state index contributed by atoms with van der Waals surface area (Å²) in [4.78, 5) is 0. The molecule has 3 nitrogen and oxygen atoms in total. The minimum atomic E-state index is -1.57. The summed E-state index contributed by atoms with van der Waals surface area (Å²) in [6, 6.07) is 0. The molecule has 0 aliphatic rings. The number of hydrogen-bond donors (Lipinski definition) is 0. The molecule has 0 N–H and O–H groups in total. The van der Waals surface area contributed by atoms with E-state index in [0.717, 1.165) is 25.9 Å². The van der Waals surface area contributed by atoms with Gasteiger partial charge in [-0.2, -0.15) is 0 Å². The van der Waals surface area contributed by atoms with Crippen molar-refractivity contribution < 1.29 is 9.09 Å². The average molecular weight is 178 g/mol. The quantitative estimate of drug-likeness (QED) is 0.585. The average Bonchev–Trinajstić information content (AvgIpc) is 2.03. The second kappa shape index (κ2) is 6.71. The molecular formula is C7H17NO2P+. The number of nitrogens with zero attached hydrogens (tertiary/aromatic N) is 1. The van der Waals surface area contributed by atoms with Crippen LogP contribution in [0.4, 0.5) is 0 Å². The third-order valence-corrected chi connectivity index (χ3v) is 2.52. The van der Waals surface area contributed by atoms with Crippen LogP contribution in [0.3, 0.4) is 0 Å². The highest BCUT2D eigenvalue weighted by molar-refractivity contribution is 7.36. The molecule has 0 bridgehead atoms. The van der Waals surface area contributed by atoms with Crippen molar-refractivity contribution in [2.75, 3.05) is 20.2 Å². The fraction of sp³-hybridized carbons (Fsp3) is 1.00. The second-order valence-electron chi connectivity index (χ2n) is 2.37. The lowest BCUT2D eigenvalue weighted by atomic mass is 10.4. The second-order valence-corrected chi connectivity index (χ2v) is 3.78. The molecule has 1 atom stereocenters. The van der Waals surface area contributed by atoms with E-state index in [4.69, 9.17) is 4.52 Å². The van der Waals surface area contributed by atoms with Crippen LogP contribution in [0.1, 0.15) is 26.7 Å². The maximum Gasteiger partial charge on any atom is 0.615 e. The van der Waals surface area contributed by atoms with Gasteiger partial charge < -0.3 is 0 Å². The fourth-order valence-corrected chi connectivity index (χ4v) is 1.86. The van der Waals surface area contributed by atoms with E-state index in [2.05, 4.69) is 13.8 Å². The molecule has 0 aromatic heterocycles. The molecule has 0 aliphatic heterocycles. The van der Waals surface area contributed by atoms with Crippen molar-refractivity contribution >= 4 is 8.18 Å². The maximum absolute atomic E-state index is 11.1. The third-order valence-electron chi connectivity index (χ3n) is 1.35. The van der Waals surface area contributed by atoms with Gasteiger partial charge in [0.25, 0.3) is 0 Å². The summed E-state index contributed by atoms with van der Waals surface area (Å²) in [7, 11) is -0.0871. The summed E-state index contributed by atoms with van der Waals surface area (Å²) in [6.07, 6.45) is 2.04. The van der Waals surface area contributed by atoms with Gasteiger partial charge in [0.1, 0.15) is 0 Å². The van der Waals surface area contributed by atoms with Gasteiger partial charge in [-0.15, -0.1) is 4.52 Å². The van der Waals surface area contributed by atoms with Crippen LogP contribution in [0.25, 0.3) is 0 Å². The van der Waals surface area contributed by atoms with Crippen molar-refractivity contribution in [2.45, 2.75) is 26.7 Å². The predicted octanol–water partition coefficient (Wildman–Crippen LogP) is 2.41. The molecule has 0 fully saturated rings. The van der Waals surface area contributed by atoms with Crippen molar-refractivity contribution in [2.24, 2.45) is 0 Å². The molecule has 4 heteroatoms. The first-order valence-corrected chi connectivity index (χ1v) is 5.15. The van der Waals surface area contributed by atoms with Crippen LogP contribution in [0, 0.1) is 0 Å². The lowest BCUT2D eigenvalue weighted by molar-refractivity contribution is 0.327. The highest BCUT2D eigenvalue weighted by Gasteiger charge is 2.26. The van der Waals surface area contributed by atoms with Gasteiger partial charge in [0.05, 0.1) is 7.11 Å². The SMILES string of the molecule is CCCN(CCC)[P+](=O)OC. The number of rotatable bonds is 6. The van der Waals surface area contributed by atoms with Gasteiger partial charge in [0, 0.05) is 13.1 Å². The molecular weight excluding hydrogens is 161 g/mol. The van der Waals surface area contributed by atoms with Crippen molar-refractivity contribution in [3.05, 3.63) is 0 Å². The Morgan fingerprint density at radius 2 is 1.73 bits per heavy atom. The van der Waals surface area contributed by atoms with Gasteiger partial charge in [-0.1, -0.05) is 18.5 Å². The van der Waals surface area contributed by atoms with Crippen molar-refractivity contribution in [3.8, 4) is 0 Å². The molecule has 66 valence electrons. The Hall–Kier alpha value is 0.0200. The Morgan fingerprint density at radius 1 is 1.27 bits per heavy atom. The summed E-state index contributed by atoms with van der Waals surface area (Å²) in [5, 5.41) is 0. The summed E-state index contributed by atoms with van der Waals surface area (Å²) in [5.41, 5.74) is 0. The smallest absolute Gasteiger partial charge is 0.133 e. The van der Waals surface area contributed by atoms with Gasteiger partial charge in [0.15, 0.2) is 0 Å². The monoisotopic (exact) mass is 178 g/mol. The molecule has 0 saturated carbocycles. The minimum Gasteiger partial charge on any atom is -0.133 e. The summed E-state index contributed by atoms with van der Waals surface area (Å²) in [5.74, 6) is 0. The Morgan fingerprint density at radius 3 is 2.00 bits per heavy atom. The van der Waals surface area contributed by atoms with Crippen LogP contribution in [-0.2, 0) is 9.09 Å². The van der Waals surface area contributed by atoms with E-state index in [9.17, 15) is 4.57 Å². The lowest BCUT2D eigenvalue weighted by Gasteiger charge is -2.05. The van der Waals surface area contributed by atoms with Crippen molar-refractivity contribution in [1.82, 2.24) is 4.67 Å². The number of hydrogen-bond acceptors (Lipinski definition) is 2. The Bertz CT molecular complexity index is 113. The standard InChI is InChI=1S/C7H17NO2P/c1-4-6-8(7-5-2)11(9)10-3/h4-7H2,1-3H3/q+1. The van der Waals surface area contributed by atoms with Gasteiger partial charge >= 0.3 is 8.18 Å². The first kappa shape index (κ1) is 11.0. The summed E-state index contributed by atoms with van der Waals surface area (Å²) in [6.45, 7) is 5.86. The zero-order valence-corrected chi connectivity index (χ0v) is 8.43. The van der Waals surface area contributed by atoms with Gasteiger partial charge in [-0.25, -0.2) is 0 Å². The fourth-order valence-electron chi connectivity index (χ4n) is 0.907. The first-order valence-electron chi connectivity index (χ1n) is 4.02. The molecule has 0 aliphatic carbocycles. The highest BCUT2D eigenvalue weighted by atomic mass is 31.1. The lowest BCUT2D eigenvalue weighted by Crippen LogP contribution is -2.17. The van der Waals surface area contributed by atoms with Crippen LogP contribution in [-0.4, -0.2) is 24.9 Å². The van der Waals surface area contributed by atoms with Crippen molar-refractivity contribution in [3.63, 3.8) is 0 Å². The Labute approximate surface area is 69.6 Å². The molecule has 0 radical (unpaired) electrons. The zero-order chi connectivity index (χ0) is 8.69. The normalized spacial score (nSPS) is 12.2. The highest BCUT2D eigenvalue weighted by Crippen LogP contribution is 2.26. The first-order chi connectivity index (χ1) is 5.26. The van der Waals surface area contributed by atoms with Crippen LogP contribution in [0.2, 0.25) is 0 Å². The van der Waals surface area contributed by atoms with Gasteiger partial charge in [0.2, 0.25) is 0 Å². The van der Waals surface area contributed by atoms with Gasteiger partial charge in [-0.3, -0.25) is 0 Å². The largest absolute Gasteiger partial charge is 0.615 e. The van der Waals surface area contributed by atoms with Crippen LogP contribution >= 0.6 is 8.18 Å². The molecule has 1 unspecified atom stereocenters. The summed E-state index contributed by atoms with van der Waals surface area (Å²) < 4.78 is 17.8. The molecule has 0 aromatic rings. The molecule has 0 spiro atoms. The molecule has 0 amide bonds. The maximum atomic E-state index is 11.1.